The van der Waals surface area contributed by atoms with Crippen molar-refractivity contribution in [3.05, 3.63) is 34.3 Å². The van der Waals surface area contributed by atoms with Gasteiger partial charge < -0.3 is 14.8 Å². The Morgan fingerprint density at radius 2 is 1.95 bits per heavy atom. The molecular weight excluding hydrogens is 292 g/mol. The van der Waals surface area contributed by atoms with Crippen molar-refractivity contribution in [2.75, 3.05) is 20.5 Å². The molecule has 0 radical (unpaired) electrons. The van der Waals surface area contributed by atoms with Crippen LogP contribution in [0.1, 0.15) is 10.4 Å². The SMILES string of the molecule is COc1cc(CNCc2cncs2)c(SC)cc1OC. The predicted molar refractivity (Wildman–Crippen MR) is 84.0 cm³/mol. The fourth-order valence-electron chi connectivity index (χ4n) is 1.88. The molecule has 0 unspecified atom stereocenters. The van der Waals surface area contributed by atoms with Crippen LogP contribution in [-0.4, -0.2) is 25.5 Å². The van der Waals surface area contributed by atoms with Gasteiger partial charge in [-0.2, -0.15) is 0 Å². The summed E-state index contributed by atoms with van der Waals surface area (Å²) in [5.41, 5.74) is 3.06. The van der Waals surface area contributed by atoms with Crippen molar-refractivity contribution in [3.63, 3.8) is 0 Å². The van der Waals surface area contributed by atoms with Crippen LogP contribution in [-0.2, 0) is 13.1 Å². The van der Waals surface area contributed by atoms with Crippen LogP contribution in [0.2, 0.25) is 0 Å². The molecule has 0 saturated heterocycles. The number of nitrogens with one attached hydrogen (secondary N) is 1. The molecule has 0 spiro atoms. The van der Waals surface area contributed by atoms with Crippen molar-refractivity contribution in [1.29, 1.82) is 0 Å². The Morgan fingerprint density at radius 3 is 2.55 bits per heavy atom. The normalized spacial score (nSPS) is 10.6. The maximum absolute atomic E-state index is 5.36. The zero-order valence-electron chi connectivity index (χ0n) is 11.8. The van der Waals surface area contributed by atoms with Crippen LogP contribution in [0.15, 0.2) is 28.7 Å². The topological polar surface area (TPSA) is 43.4 Å². The first-order chi connectivity index (χ1) is 9.78. The Labute approximate surface area is 127 Å². The summed E-state index contributed by atoms with van der Waals surface area (Å²) in [4.78, 5) is 6.50. The monoisotopic (exact) mass is 310 g/mol. The van der Waals surface area contributed by atoms with E-state index >= 15 is 0 Å². The summed E-state index contributed by atoms with van der Waals surface area (Å²) in [5, 5.41) is 3.43. The summed E-state index contributed by atoms with van der Waals surface area (Å²) < 4.78 is 10.7. The van der Waals surface area contributed by atoms with E-state index in [1.807, 2.05) is 23.8 Å². The van der Waals surface area contributed by atoms with Gasteiger partial charge in [0.1, 0.15) is 0 Å². The fraction of sp³-hybridized carbons (Fsp3) is 0.357. The lowest BCUT2D eigenvalue weighted by Crippen LogP contribution is -2.12. The number of benzene rings is 1. The maximum atomic E-state index is 5.36. The van der Waals surface area contributed by atoms with E-state index in [1.165, 1.54) is 15.3 Å². The van der Waals surface area contributed by atoms with E-state index in [0.29, 0.717) is 0 Å². The molecule has 0 atom stereocenters. The molecule has 0 fully saturated rings. The molecule has 0 saturated carbocycles. The first-order valence-electron chi connectivity index (χ1n) is 6.15. The first kappa shape index (κ1) is 15.2. The summed E-state index contributed by atoms with van der Waals surface area (Å²) in [6, 6.07) is 4.05. The molecule has 0 aliphatic rings. The largest absolute Gasteiger partial charge is 0.493 e. The van der Waals surface area contributed by atoms with Crippen LogP contribution >= 0.6 is 23.1 Å². The summed E-state index contributed by atoms with van der Waals surface area (Å²) in [6.07, 6.45) is 3.95. The minimum Gasteiger partial charge on any atom is -0.493 e. The molecule has 0 bridgehead atoms. The van der Waals surface area contributed by atoms with Crippen molar-refractivity contribution >= 4 is 23.1 Å². The molecule has 0 aliphatic heterocycles. The zero-order valence-corrected chi connectivity index (χ0v) is 13.4. The third-order valence-electron chi connectivity index (χ3n) is 2.88. The maximum Gasteiger partial charge on any atom is 0.161 e. The Bertz CT molecular complexity index is 544. The molecule has 108 valence electrons. The van der Waals surface area contributed by atoms with E-state index < -0.39 is 0 Å². The van der Waals surface area contributed by atoms with Gasteiger partial charge in [0.05, 0.1) is 19.7 Å². The van der Waals surface area contributed by atoms with Crippen LogP contribution in [0.4, 0.5) is 0 Å². The number of ether oxygens (including phenoxy) is 2. The summed E-state index contributed by atoms with van der Waals surface area (Å²) >= 11 is 3.36. The van der Waals surface area contributed by atoms with Gasteiger partial charge in [-0.25, -0.2) is 0 Å². The lowest BCUT2D eigenvalue weighted by molar-refractivity contribution is 0.353. The second-order valence-electron chi connectivity index (χ2n) is 4.09. The van der Waals surface area contributed by atoms with Crippen molar-refractivity contribution in [2.24, 2.45) is 0 Å². The van der Waals surface area contributed by atoms with E-state index in [4.69, 9.17) is 9.47 Å². The van der Waals surface area contributed by atoms with Gasteiger partial charge in [0.25, 0.3) is 0 Å². The van der Waals surface area contributed by atoms with Gasteiger partial charge in [-0.3, -0.25) is 4.98 Å². The minimum absolute atomic E-state index is 0.764. The average Bonchev–Trinajstić information content (AvgIpc) is 2.99. The van der Waals surface area contributed by atoms with Gasteiger partial charge in [-0.15, -0.1) is 23.1 Å². The molecule has 20 heavy (non-hydrogen) atoms. The molecule has 1 aromatic heterocycles. The molecule has 2 aromatic rings. The van der Waals surface area contributed by atoms with Gasteiger partial charge in [-0.1, -0.05) is 0 Å². The van der Waals surface area contributed by atoms with Crippen molar-refractivity contribution in [2.45, 2.75) is 18.0 Å². The first-order valence-corrected chi connectivity index (χ1v) is 8.26. The molecule has 0 aliphatic carbocycles. The van der Waals surface area contributed by atoms with E-state index in [-0.39, 0.29) is 0 Å². The Balaban J connectivity index is 2.09. The summed E-state index contributed by atoms with van der Waals surface area (Å²) in [6.45, 7) is 1.61. The average molecular weight is 310 g/mol. The second kappa shape index (κ2) is 7.52. The predicted octanol–water partition coefficient (Wildman–Crippen LogP) is 3.17. The standard InChI is InChI=1S/C14H18N2O2S2/c1-17-12-4-10(14(19-3)5-13(12)18-2)6-15-7-11-8-16-9-20-11/h4-5,8-9,15H,6-7H2,1-3H3. The highest BCUT2D eigenvalue weighted by atomic mass is 32.2. The number of thiazole rings is 1. The van der Waals surface area contributed by atoms with Crippen molar-refractivity contribution < 1.29 is 9.47 Å². The van der Waals surface area contributed by atoms with Crippen LogP contribution in [0, 0.1) is 0 Å². The van der Waals surface area contributed by atoms with Crippen LogP contribution < -0.4 is 14.8 Å². The molecule has 1 N–H and O–H groups in total. The van der Waals surface area contributed by atoms with Crippen LogP contribution in [0.3, 0.4) is 0 Å². The van der Waals surface area contributed by atoms with E-state index in [1.54, 1.807) is 37.3 Å². The highest BCUT2D eigenvalue weighted by Gasteiger charge is 2.10. The molecule has 1 aromatic carbocycles. The molecule has 2 rings (SSSR count). The number of nitrogens with zero attached hydrogens (tertiary/aromatic N) is 1. The number of hydrogen-bond acceptors (Lipinski definition) is 6. The summed E-state index contributed by atoms with van der Waals surface area (Å²) in [7, 11) is 3.31. The quantitative estimate of drug-likeness (QED) is 0.796. The zero-order chi connectivity index (χ0) is 14.4. The van der Waals surface area contributed by atoms with Crippen LogP contribution in [0.5, 0.6) is 11.5 Å². The number of methoxy groups -OCH3 is 2. The third kappa shape index (κ3) is 3.65. The molecule has 4 nitrogen and oxygen atoms in total. The smallest absolute Gasteiger partial charge is 0.161 e. The number of rotatable bonds is 7. The number of thioether (sulfide) groups is 1. The van der Waals surface area contributed by atoms with E-state index in [0.717, 1.165) is 24.6 Å². The highest BCUT2D eigenvalue weighted by molar-refractivity contribution is 7.98. The van der Waals surface area contributed by atoms with Gasteiger partial charge in [0.2, 0.25) is 0 Å². The van der Waals surface area contributed by atoms with E-state index in [2.05, 4.69) is 16.6 Å². The summed E-state index contributed by atoms with van der Waals surface area (Å²) in [5.74, 6) is 1.53. The molecule has 0 amide bonds. The Hall–Kier alpha value is -1.24. The Morgan fingerprint density at radius 1 is 1.20 bits per heavy atom. The lowest BCUT2D eigenvalue weighted by Gasteiger charge is -2.14. The van der Waals surface area contributed by atoms with Crippen molar-refractivity contribution in [3.8, 4) is 11.5 Å². The highest BCUT2D eigenvalue weighted by Crippen LogP contribution is 2.34. The lowest BCUT2D eigenvalue weighted by atomic mass is 10.2. The van der Waals surface area contributed by atoms with E-state index in [9.17, 15) is 0 Å². The van der Waals surface area contributed by atoms with Crippen molar-refractivity contribution in [1.82, 2.24) is 10.3 Å². The van der Waals surface area contributed by atoms with Gasteiger partial charge in [0, 0.05) is 29.1 Å². The fourth-order valence-corrected chi connectivity index (χ4v) is 3.06. The molecule has 6 heteroatoms. The number of aromatic nitrogens is 1. The van der Waals surface area contributed by atoms with Gasteiger partial charge in [0.15, 0.2) is 11.5 Å². The van der Waals surface area contributed by atoms with Gasteiger partial charge in [-0.05, 0) is 24.0 Å². The number of hydrogen-bond donors (Lipinski definition) is 1. The third-order valence-corrected chi connectivity index (χ3v) is 4.48. The molecule has 1 heterocycles. The van der Waals surface area contributed by atoms with Gasteiger partial charge >= 0.3 is 0 Å². The van der Waals surface area contributed by atoms with Crippen LogP contribution in [0.25, 0.3) is 0 Å². The minimum atomic E-state index is 0.764. The molecular formula is C14H18N2O2S2. The second-order valence-corrected chi connectivity index (χ2v) is 5.91. The Kier molecular flexibility index (Phi) is 5.70.